The number of ether oxygens (including phenoxy) is 1. The van der Waals surface area contributed by atoms with Gasteiger partial charge in [0.2, 0.25) is 0 Å². The summed E-state index contributed by atoms with van der Waals surface area (Å²) in [5, 5.41) is 12.2. The zero-order valence-corrected chi connectivity index (χ0v) is 14.1. The van der Waals surface area contributed by atoms with E-state index in [1.54, 1.807) is 29.7 Å². The van der Waals surface area contributed by atoms with E-state index >= 15 is 0 Å². The summed E-state index contributed by atoms with van der Waals surface area (Å²) in [6.45, 7) is 2.10. The highest BCUT2D eigenvalue weighted by Crippen LogP contribution is 2.18. The molecule has 0 aliphatic heterocycles. The molecule has 2 aromatic carbocycles. The van der Waals surface area contributed by atoms with Crippen LogP contribution in [0.5, 0.6) is 5.75 Å². The van der Waals surface area contributed by atoms with Crippen LogP contribution in [0.4, 0.5) is 0 Å². The molecule has 7 nitrogen and oxygen atoms in total. The molecule has 3 N–H and O–H groups in total. The molecule has 0 saturated carbocycles. The van der Waals surface area contributed by atoms with Crippen molar-refractivity contribution in [1.29, 1.82) is 0 Å². The number of hydrogen-bond acceptors (Lipinski definition) is 5. The van der Waals surface area contributed by atoms with Crippen molar-refractivity contribution in [3.05, 3.63) is 65.9 Å². The highest BCUT2D eigenvalue weighted by atomic mass is 16.5. The minimum atomic E-state index is -0.595. The first-order chi connectivity index (χ1) is 12.6. The molecule has 0 aliphatic carbocycles. The molecule has 0 bridgehead atoms. The largest absolute Gasteiger partial charge is 0.489 e. The van der Waals surface area contributed by atoms with Crippen molar-refractivity contribution in [3.63, 3.8) is 0 Å². The van der Waals surface area contributed by atoms with Crippen LogP contribution in [0.25, 0.3) is 11.0 Å². The molecule has 1 heterocycles. The summed E-state index contributed by atoms with van der Waals surface area (Å²) in [5.74, 6) is -0.114. The van der Waals surface area contributed by atoms with Gasteiger partial charge in [0.25, 0.3) is 11.8 Å². The monoisotopic (exact) mass is 354 g/mol. The summed E-state index contributed by atoms with van der Waals surface area (Å²) in [4.78, 5) is 23.5. The van der Waals surface area contributed by atoms with E-state index in [-0.39, 0.29) is 24.3 Å². The summed E-state index contributed by atoms with van der Waals surface area (Å²) in [6.07, 6.45) is -0.291. The van der Waals surface area contributed by atoms with E-state index in [2.05, 4.69) is 5.32 Å². The topological polar surface area (TPSA) is 101 Å². The van der Waals surface area contributed by atoms with Crippen molar-refractivity contribution >= 4 is 22.8 Å². The lowest BCUT2D eigenvalue weighted by Gasteiger charge is -2.15. The number of rotatable bonds is 6. The Labute approximate surface area is 149 Å². The van der Waals surface area contributed by atoms with Crippen LogP contribution in [0, 0.1) is 0 Å². The molecule has 1 unspecified atom stereocenters. The van der Waals surface area contributed by atoms with Gasteiger partial charge in [-0.1, -0.05) is 18.2 Å². The lowest BCUT2D eigenvalue weighted by molar-refractivity contribution is 0.0706. The van der Waals surface area contributed by atoms with E-state index in [1.807, 2.05) is 25.1 Å². The molecule has 1 atom stereocenters. The van der Waals surface area contributed by atoms with Crippen LogP contribution in [0.1, 0.15) is 27.8 Å². The third-order valence-corrected chi connectivity index (χ3v) is 3.75. The Morgan fingerprint density at radius 1 is 1.12 bits per heavy atom. The van der Waals surface area contributed by atoms with Crippen molar-refractivity contribution in [2.75, 3.05) is 6.54 Å². The van der Waals surface area contributed by atoms with E-state index in [0.29, 0.717) is 16.9 Å². The lowest BCUT2D eigenvalue weighted by Crippen LogP contribution is -2.33. The van der Waals surface area contributed by atoms with Gasteiger partial charge in [0, 0.05) is 10.9 Å². The Morgan fingerprint density at radius 2 is 1.85 bits per heavy atom. The SMILES string of the molecule is CC(CNC(=O)c1cc2ccccc2o1)Oc1ccc(C(=O)NO)cc1. The fraction of sp³-hybridized carbons (Fsp3) is 0.158. The van der Waals surface area contributed by atoms with Crippen LogP contribution in [0.3, 0.4) is 0 Å². The van der Waals surface area contributed by atoms with Gasteiger partial charge in [0.05, 0.1) is 6.54 Å². The summed E-state index contributed by atoms with van der Waals surface area (Å²) in [6, 6.07) is 15.4. The second-order valence-electron chi connectivity index (χ2n) is 5.75. The Balaban J connectivity index is 1.54. The van der Waals surface area contributed by atoms with Gasteiger partial charge in [-0.15, -0.1) is 0 Å². The van der Waals surface area contributed by atoms with Crippen LogP contribution in [-0.2, 0) is 0 Å². The van der Waals surface area contributed by atoms with E-state index < -0.39 is 5.91 Å². The standard InChI is InChI=1S/C19H18N2O5/c1-12(25-15-8-6-13(7-9-15)18(22)21-24)11-20-19(23)17-10-14-4-2-3-5-16(14)26-17/h2-10,12,24H,11H2,1H3,(H,20,23)(H,21,22). The van der Waals surface area contributed by atoms with E-state index in [0.717, 1.165) is 5.39 Å². The maximum atomic E-state index is 12.2. The Bertz CT molecular complexity index is 884. The molecule has 0 fully saturated rings. The molecule has 0 radical (unpaired) electrons. The Kier molecular flexibility index (Phi) is 5.19. The van der Waals surface area contributed by atoms with Crippen LogP contribution in [-0.4, -0.2) is 29.7 Å². The zero-order chi connectivity index (χ0) is 18.5. The number of nitrogens with one attached hydrogen (secondary N) is 2. The highest BCUT2D eigenvalue weighted by molar-refractivity contribution is 5.96. The summed E-state index contributed by atoms with van der Waals surface area (Å²) < 4.78 is 11.2. The number of para-hydroxylation sites is 1. The third-order valence-electron chi connectivity index (χ3n) is 3.75. The lowest BCUT2D eigenvalue weighted by atomic mass is 10.2. The second kappa shape index (κ2) is 7.71. The van der Waals surface area contributed by atoms with E-state index in [1.165, 1.54) is 12.1 Å². The predicted octanol–water partition coefficient (Wildman–Crippen LogP) is 2.75. The first kappa shape index (κ1) is 17.5. The Hall–Kier alpha value is -3.32. The zero-order valence-electron chi connectivity index (χ0n) is 14.1. The van der Waals surface area contributed by atoms with Crippen molar-refractivity contribution in [1.82, 2.24) is 10.8 Å². The van der Waals surface area contributed by atoms with Crippen molar-refractivity contribution in [2.24, 2.45) is 0 Å². The minimum absolute atomic E-state index is 0.248. The smallest absolute Gasteiger partial charge is 0.287 e. The van der Waals surface area contributed by atoms with Crippen molar-refractivity contribution in [2.45, 2.75) is 13.0 Å². The Morgan fingerprint density at radius 3 is 2.54 bits per heavy atom. The quantitative estimate of drug-likeness (QED) is 0.467. The van der Waals surface area contributed by atoms with Gasteiger partial charge < -0.3 is 14.5 Å². The van der Waals surface area contributed by atoms with Crippen molar-refractivity contribution in [3.8, 4) is 5.75 Å². The number of benzene rings is 2. The minimum Gasteiger partial charge on any atom is -0.489 e. The van der Waals surface area contributed by atoms with Gasteiger partial charge in [0.15, 0.2) is 5.76 Å². The number of carbonyl (C=O) groups excluding carboxylic acids is 2. The third kappa shape index (κ3) is 4.01. The molecule has 2 amide bonds. The molecular weight excluding hydrogens is 336 g/mol. The van der Waals surface area contributed by atoms with Gasteiger partial charge in [-0.25, -0.2) is 5.48 Å². The van der Waals surface area contributed by atoms with E-state index in [9.17, 15) is 9.59 Å². The van der Waals surface area contributed by atoms with Crippen LogP contribution in [0.2, 0.25) is 0 Å². The molecule has 7 heteroatoms. The summed E-state index contributed by atoms with van der Waals surface area (Å²) >= 11 is 0. The van der Waals surface area contributed by atoms with Gasteiger partial charge in [-0.2, -0.15) is 0 Å². The van der Waals surface area contributed by atoms with E-state index in [4.69, 9.17) is 14.4 Å². The molecule has 1 aromatic heterocycles. The fourth-order valence-corrected chi connectivity index (χ4v) is 2.44. The summed E-state index contributed by atoms with van der Waals surface area (Å²) in [7, 11) is 0. The first-order valence-corrected chi connectivity index (χ1v) is 8.05. The van der Waals surface area contributed by atoms with Gasteiger partial charge in [-0.05, 0) is 43.3 Å². The average molecular weight is 354 g/mol. The fourth-order valence-electron chi connectivity index (χ4n) is 2.44. The molecule has 26 heavy (non-hydrogen) atoms. The number of furan rings is 1. The van der Waals surface area contributed by atoms with Gasteiger partial charge in [0.1, 0.15) is 17.4 Å². The number of hydrogen-bond donors (Lipinski definition) is 3. The maximum Gasteiger partial charge on any atom is 0.287 e. The molecular formula is C19H18N2O5. The first-order valence-electron chi connectivity index (χ1n) is 8.05. The number of amides is 2. The molecule has 134 valence electrons. The second-order valence-corrected chi connectivity index (χ2v) is 5.75. The molecule has 3 rings (SSSR count). The number of carbonyl (C=O) groups is 2. The van der Waals surface area contributed by atoms with Crippen LogP contribution in [0.15, 0.2) is 59.0 Å². The predicted molar refractivity (Wildman–Crippen MR) is 94.3 cm³/mol. The van der Waals surface area contributed by atoms with Crippen LogP contribution < -0.4 is 15.5 Å². The summed E-state index contributed by atoms with van der Waals surface area (Å²) in [5.41, 5.74) is 2.54. The van der Waals surface area contributed by atoms with Gasteiger partial charge in [-0.3, -0.25) is 14.8 Å². The number of fused-ring (bicyclic) bond motifs is 1. The van der Waals surface area contributed by atoms with Gasteiger partial charge >= 0.3 is 0 Å². The average Bonchev–Trinajstić information content (AvgIpc) is 3.10. The highest BCUT2D eigenvalue weighted by Gasteiger charge is 2.14. The number of hydroxylamine groups is 1. The molecule has 3 aromatic rings. The molecule has 0 spiro atoms. The van der Waals surface area contributed by atoms with Crippen LogP contribution >= 0.6 is 0 Å². The maximum absolute atomic E-state index is 12.2. The molecule has 0 saturated heterocycles. The molecule has 0 aliphatic rings. The normalized spacial score (nSPS) is 11.8. The van der Waals surface area contributed by atoms with Crippen molar-refractivity contribution < 1.29 is 24.0 Å².